The van der Waals surface area contributed by atoms with E-state index < -0.39 is 0 Å². The van der Waals surface area contributed by atoms with Gasteiger partial charge in [0.25, 0.3) is 5.91 Å². The quantitative estimate of drug-likeness (QED) is 0.343. The summed E-state index contributed by atoms with van der Waals surface area (Å²) in [4.78, 5) is 21.6. The minimum absolute atomic E-state index is 0.239. The van der Waals surface area contributed by atoms with E-state index in [2.05, 4.69) is 35.9 Å². The van der Waals surface area contributed by atoms with Crippen molar-refractivity contribution in [1.82, 2.24) is 25.0 Å². The first-order valence-corrected chi connectivity index (χ1v) is 10.2. The summed E-state index contributed by atoms with van der Waals surface area (Å²) in [6.45, 7) is 3.85. The van der Waals surface area contributed by atoms with Gasteiger partial charge < -0.3 is 16.4 Å². The highest BCUT2D eigenvalue weighted by molar-refractivity contribution is 7.17. The van der Waals surface area contributed by atoms with Crippen molar-refractivity contribution in [3.05, 3.63) is 52.9 Å². The van der Waals surface area contributed by atoms with Crippen molar-refractivity contribution in [3.63, 3.8) is 0 Å². The highest BCUT2D eigenvalue weighted by atomic mass is 32.1. The van der Waals surface area contributed by atoms with Crippen LogP contribution < -0.4 is 16.4 Å². The molecule has 4 rings (SSSR count). The number of nitrogens with one attached hydrogen (secondary N) is 3. The van der Waals surface area contributed by atoms with Crippen LogP contribution in [-0.2, 0) is 0 Å². The van der Waals surface area contributed by atoms with E-state index in [1.165, 1.54) is 23.7 Å². The molecule has 1 amide bonds. The number of nitrogens with zero attached hydrogens (tertiary/aromatic N) is 5. The lowest BCUT2D eigenvalue weighted by molar-refractivity contribution is 0.103. The molecule has 10 nitrogen and oxygen atoms in total. The maximum Gasteiger partial charge on any atom is 0.267 e. The van der Waals surface area contributed by atoms with Crippen molar-refractivity contribution in [2.24, 2.45) is 10.7 Å². The third-order valence-corrected chi connectivity index (χ3v) is 5.53. The number of aryl methyl sites for hydroxylation is 2. The van der Waals surface area contributed by atoms with Gasteiger partial charge in [0.15, 0.2) is 10.9 Å². The standard InChI is InChI=1S/C20H21N9OS/c1-11-4-5-15-14(8-24-27-15)17(11)25-19(30)16-9-23-20(31-16)26-18-12(2)10-29(28-18)13(6-21)7-22-3/h4-10H,21H2,1-3H3,(H,24,27)(H,25,30)(H,23,26,28)/b13-6+,22-7?. The van der Waals surface area contributed by atoms with E-state index in [0.29, 0.717) is 21.5 Å². The first-order valence-electron chi connectivity index (χ1n) is 9.37. The zero-order valence-corrected chi connectivity index (χ0v) is 18.0. The Morgan fingerprint density at radius 3 is 2.90 bits per heavy atom. The molecule has 3 aromatic heterocycles. The number of anilines is 3. The summed E-state index contributed by atoms with van der Waals surface area (Å²) >= 11 is 1.24. The molecule has 0 radical (unpaired) electrons. The number of thiazole rings is 1. The second kappa shape index (κ2) is 8.40. The van der Waals surface area contributed by atoms with Crippen LogP contribution >= 0.6 is 11.3 Å². The largest absolute Gasteiger partial charge is 0.403 e. The number of nitrogens with two attached hydrogens (primary N) is 1. The lowest BCUT2D eigenvalue weighted by atomic mass is 10.1. The first-order chi connectivity index (χ1) is 15.0. The molecular formula is C20H21N9OS. The molecule has 0 aliphatic heterocycles. The van der Waals surface area contributed by atoms with Gasteiger partial charge in [-0.1, -0.05) is 17.4 Å². The van der Waals surface area contributed by atoms with Gasteiger partial charge in [-0.3, -0.25) is 14.9 Å². The molecule has 11 heteroatoms. The topological polar surface area (TPSA) is 139 Å². The molecule has 0 saturated carbocycles. The van der Waals surface area contributed by atoms with Gasteiger partial charge >= 0.3 is 0 Å². The van der Waals surface area contributed by atoms with Crippen molar-refractivity contribution in [2.45, 2.75) is 13.8 Å². The van der Waals surface area contributed by atoms with Gasteiger partial charge in [-0.2, -0.15) is 5.10 Å². The number of H-pyrrole nitrogens is 1. The number of carbonyl (C=O) groups is 1. The van der Waals surface area contributed by atoms with E-state index in [1.807, 2.05) is 32.2 Å². The van der Waals surface area contributed by atoms with Crippen LogP contribution in [0.4, 0.5) is 16.6 Å². The highest BCUT2D eigenvalue weighted by Crippen LogP contribution is 2.28. The van der Waals surface area contributed by atoms with Crippen LogP contribution in [-0.4, -0.2) is 44.1 Å². The zero-order valence-electron chi connectivity index (χ0n) is 17.2. The number of aromatic amines is 1. The maximum absolute atomic E-state index is 12.8. The van der Waals surface area contributed by atoms with Gasteiger partial charge in [-0.15, -0.1) is 5.10 Å². The van der Waals surface area contributed by atoms with E-state index in [9.17, 15) is 4.79 Å². The Labute approximate surface area is 181 Å². The van der Waals surface area contributed by atoms with Crippen LogP contribution in [0, 0.1) is 13.8 Å². The third kappa shape index (κ3) is 4.03. The van der Waals surface area contributed by atoms with Crippen LogP contribution in [0.2, 0.25) is 0 Å². The molecule has 0 spiro atoms. The predicted molar refractivity (Wildman–Crippen MR) is 124 cm³/mol. The molecule has 0 atom stereocenters. The number of hydrogen-bond donors (Lipinski definition) is 4. The summed E-state index contributed by atoms with van der Waals surface area (Å²) < 4.78 is 1.63. The molecule has 5 N–H and O–H groups in total. The minimum atomic E-state index is -0.239. The van der Waals surface area contributed by atoms with Crippen molar-refractivity contribution in [3.8, 4) is 0 Å². The monoisotopic (exact) mass is 435 g/mol. The summed E-state index contributed by atoms with van der Waals surface area (Å²) in [6.07, 6.45) is 8.11. The normalized spacial score (nSPS) is 12.0. The Bertz CT molecular complexity index is 1310. The molecular weight excluding hydrogens is 414 g/mol. The molecule has 158 valence electrons. The Morgan fingerprint density at radius 1 is 1.29 bits per heavy atom. The Morgan fingerprint density at radius 2 is 2.13 bits per heavy atom. The van der Waals surface area contributed by atoms with Gasteiger partial charge in [0, 0.05) is 36.6 Å². The molecule has 0 bridgehead atoms. The number of fused-ring (bicyclic) bond motifs is 1. The third-order valence-electron chi connectivity index (χ3n) is 4.62. The molecule has 0 aliphatic carbocycles. The average molecular weight is 436 g/mol. The zero-order chi connectivity index (χ0) is 22.0. The predicted octanol–water partition coefficient (Wildman–Crippen LogP) is 3.29. The van der Waals surface area contributed by atoms with Gasteiger partial charge in [0.2, 0.25) is 0 Å². The van der Waals surface area contributed by atoms with E-state index >= 15 is 0 Å². The Hall–Kier alpha value is -3.99. The van der Waals surface area contributed by atoms with Crippen LogP contribution in [0.5, 0.6) is 0 Å². The smallest absolute Gasteiger partial charge is 0.267 e. The van der Waals surface area contributed by atoms with E-state index in [1.54, 1.807) is 24.1 Å². The summed E-state index contributed by atoms with van der Waals surface area (Å²) in [7, 11) is 1.66. The highest BCUT2D eigenvalue weighted by Gasteiger charge is 2.16. The van der Waals surface area contributed by atoms with Crippen molar-refractivity contribution in [2.75, 3.05) is 17.7 Å². The number of carbonyl (C=O) groups excluding carboxylic acids is 1. The number of aromatic nitrogens is 5. The fourth-order valence-electron chi connectivity index (χ4n) is 3.03. The second-order valence-corrected chi connectivity index (χ2v) is 7.81. The fraction of sp³-hybridized carbons (Fsp3) is 0.150. The lowest BCUT2D eigenvalue weighted by Crippen LogP contribution is -2.11. The lowest BCUT2D eigenvalue weighted by Gasteiger charge is -2.08. The van der Waals surface area contributed by atoms with E-state index in [4.69, 9.17) is 5.73 Å². The summed E-state index contributed by atoms with van der Waals surface area (Å²) in [5.74, 6) is 0.376. The SMILES string of the molecule is CN=C/C(=C\N)n1cc(C)c(Nc2ncc(C(=O)Nc3c(C)ccc4[nH]ncc34)s2)n1. The van der Waals surface area contributed by atoms with Crippen molar-refractivity contribution >= 4 is 56.7 Å². The molecule has 0 fully saturated rings. The first kappa shape index (κ1) is 20.3. The van der Waals surface area contributed by atoms with E-state index in [-0.39, 0.29) is 5.91 Å². The molecule has 4 aromatic rings. The molecule has 0 aliphatic rings. The van der Waals surface area contributed by atoms with Crippen molar-refractivity contribution < 1.29 is 4.79 Å². The number of benzene rings is 1. The van der Waals surface area contributed by atoms with Crippen LogP contribution in [0.25, 0.3) is 16.6 Å². The summed E-state index contributed by atoms with van der Waals surface area (Å²) in [5, 5.41) is 19.0. The Balaban J connectivity index is 1.52. The molecule has 31 heavy (non-hydrogen) atoms. The average Bonchev–Trinajstić information content (AvgIpc) is 3.49. The summed E-state index contributed by atoms with van der Waals surface area (Å²) in [6, 6.07) is 3.86. The molecule has 0 saturated heterocycles. The number of aliphatic imine (C=N–C) groups is 1. The number of hydrogen-bond acceptors (Lipinski definition) is 8. The van der Waals surface area contributed by atoms with Gasteiger partial charge in [0.1, 0.15) is 4.88 Å². The van der Waals surface area contributed by atoms with Crippen LogP contribution in [0.1, 0.15) is 20.8 Å². The molecule has 3 heterocycles. The molecule has 0 unspecified atom stereocenters. The van der Waals surface area contributed by atoms with Gasteiger partial charge in [-0.25, -0.2) is 9.67 Å². The van der Waals surface area contributed by atoms with E-state index in [0.717, 1.165) is 27.7 Å². The summed E-state index contributed by atoms with van der Waals surface area (Å²) in [5.41, 5.74) is 9.72. The van der Waals surface area contributed by atoms with Crippen molar-refractivity contribution in [1.29, 1.82) is 0 Å². The number of rotatable bonds is 6. The Kier molecular flexibility index (Phi) is 5.50. The van der Waals surface area contributed by atoms with Crippen LogP contribution in [0.15, 0.2) is 41.9 Å². The minimum Gasteiger partial charge on any atom is -0.403 e. The number of allylic oxidation sites excluding steroid dienone is 1. The second-order valence-electron chi connectivity index (χ2n) is 6.78. The van der Waals surface area contributed by atoms with Gasteiger partial charge in [0.05, 0.1) is 29.3 Å². The molecule has 1 aromatic carbocycles. The maximum atomic E-state index is 12.8. The number of amides is 1. The fourth-order valence-corrected chi connectivity index (χ4v) is 3.74. The van der Waals surface area contributed by atoms with Gasteiger partial charge in [-0.05, 0) is 25.5 Å². The van der Waals surface area contributed by atoms with Crippen LogP contribution in [0.3, 0.4) is 0 Å².